The summed E-state index contributed by atoms with van der Waals surface area (Å²) in [7, 11) is 0. The van der Waals surface area contributed by atoms with Gasteiger partial charge in [0, 0.05) is 17.1 Å². The number of para-hydroxylation sites is 1. The fourth-order valence-electron chi connectivity index (χ4n) is 3.25. The number of ether oxygens (including phenoxy) is 2. The van der Waals surface area contributed by atoms with Crippen molar-refractivity contribution in [2.24, 2.45) is 0 Å². The van der Waals surface area contributed by atoms with Crippen LogP contribution in [0.4, 0.5) is 29.1 Å². The number of carboxylic acid groups (broad SMARTS) is 2. The molecule has 12 nitrogen and oxygen atoms in total. The van der Waals surface area contributed by atoms with Gasteiger partial charge in [0.15, 0.2) is 23.3 Å². The Bertz CT molecular complexity index is 1500. The smallest absolute Gasteiger partial charge is 0.490 e. The molecule has 0 amide bonds. The number of aromatic hydroxyl groups is 1. The van der Waals surface area contributed by atoms with E-state index in [9.17, 15) is 28.2 Å². The topological polar surface area (TPSA) is 176 Å². The molecule has 0 saturated heterocycles. The summed E-state index contributed by atoms with van der Waals surface area (Å²) in [6.07, 6.45) is -3.49. The predicted molar refractivity (Wildman–Crippen MR) is 127 cm³/mol. The van der Waals surface area contributed by atoms with Crippen LogP contribution in [-0.2, 0) is 9.59 Å². The van der Waals surface area contributed by atoms with Gasteiger partial charge >= 0.3 is 18.1 Å². The number of rotatable bonds is 6. The highest BCUT2D eigenvalue weighted by molar-refractivity contribution is 7.19. The molecule has 3 heterocycles. The van der Waals surface area contributed by atoms with Gasteiger partial charge in [-0.05, 0) is 18.2 Å². The Morgan fingerprint density at radius 1 is 1.03 bits per heavy atom. The molecule has 1 atom stereocenters. The van der Waals surface area contributed by atoms with Crippen LogP contribution in [-0.4, -0.2) is 55.4 Å². The summed E-state index contributed by atoms with van der Waals surface area (Å²) in [4.78, 5) is 25.0. The second-order valence-electron chi connectivity index (χ2n) is 7.37. The lowest BCUT2D eigenvalue weighted by Gasteiger charge is -2.15. The van der Waals surface area contributed by atoms with Crippen LogP contribution in [0.3, 0.4) is 0 Å². The Morgan fingerprint density at radius 2 is 1.76 bits per heavy atom. The Morgan fingerprint density at radius 3 is 2.47 bits per heavy atom. The van der Waals surface area contributed by atoms with Gasteiger partial charge in [0.2, 0.25) is 17.1 Å². The highest BCUT2D eigenvalue weighted by Crippen LogP contribution is 2.40. The predicted octanol–water partition coefficient (Wildman–Crippen LogP) is 4.14. The fourth-order valence-corrected chi connectivity index (χ4v) is 3.94. The molecule has 0 fully saturated rings. The van der Waals surface area contributed by atoms with E-state index in [0.29, 0.717) is 33.4 Å². The first kappa shape index (κ1) is 26.2. The molecule has 1 aliphatic heterocycles. The molecule has 198 valence electrons. The number of hydrogen-bond donors (Lipinski definition) is 5. The number of anilines is 3. The number of aliphatic carboxylic acids is 2. The molecule has 2 aromatic carbocycles. The number of phenolic OH excluding ortho intramolecular Hbond substituents is 1. The van der Waals surface area contributed by atoms with E-state index in [1.165, 1.54) is 0 Å². The first-order valence-corrected chi connectivity index (χ1v) is 11.2. The zero-order valence-corrected chi connectivity index (χ0v) is 19.6. The van der Waals surface area contributed by atoms with E-state index < -0.39 is 24.2 Å². The minimum Gasteiger partial charge on any atom is -0.504 e. The number of nitrogens with zero attached hydrogens (tertiary/aromatic N) is 3. The van der Waals surface area contributed by atoms with Crippen molar-refractivity contribution in [3.05, 3.63) is 54.2 Å². The van der Waals surface area contributed by atoms with Gasteiger partial charge in [-0.2, -0.15) is 13.2 Å². The van der Waals surface area contributed by atoms with Crippen molar-refractivity contribution in [2.75, 3.05) is 17.4 Å². The van der Waals surface area contributed by atoms with Crippen molar-refractivity contribution in [3.8, 4) is 17.2 Å². The highest BCUT2D eigenvalue weighted by atomic mass is 32.1. The highest BCUT2D eigenvalue weighted by Gasteiger charge is 2.38. The zero-order valence-electron chi connectivity index (χ0n) is 18.8. The van der Waals surface area contributed by atoms with E-state index >= 15 is 0 Å². The maximum Gasteiger partial charge on any atom is 0.490 e. The molecule has 1 aliphatic rings. The van der Waals surface area contributed by atoms with Crippen LogP contribution in [0.5, 0.6) is 17.2 Å². The summed E-state index contributed by atoms with van der Waals surface area (Å²) in [6.45, 7) is 0.0374. The number of halogens is 3. The lowest BCUT2D eigenvalue weighted by atomic mass is 10.1. The van der Waals surface area contributed by atoms with Crippen molar-refractivity contribution in [1.82, 2.24) is 15.2 Å². The number of alkyl halides is 3. The SMILES string of the molecule is O=C(O)C(F)(F)F.O=C(O)[C@@H](Nc1nnc(Nc2ccc3cccnc3c2O)s1)c1cccc2c1OCO2. The van der Waals surface area contributed by atoms with Crippen molar-refractivity contribution in [1.29, 1.82) is 0 Å². The van der Waals surface area contributed by atoms with Crippen LogP contribution in [0.2, 0.25) is 0 Å². The number of carbonyl (C=O) groups is 2. The first-order chi connectivity index (χ1) is 18.0. The van der Waals surface area contributed by atoms with Gasteiger partial charge in [0.05, 0.1) is 5.69 Å². The maximum atomic E-state index is 11.9. The summed E-state index contributed by atoms with van der Waals surface area (Å²) in [5.41, 5.74) is 1.29. The standard InChI is InChI=1S/C20H15N5O5S.C2HF3O2/c26-16-12(7-6-10-3-2-8-21-14(10)16)22-19-24-25-20(31-19)23-15(18(27)28)11-4-1-5-13-17(11)30-9-29-13;3-2(4,5)1(6)7/h1-8,15,26H,9H2,(H,22,24)(H,23,25)(H,27,28);(H,6,7)/t15-;/m0./s1. The first-order valence-electron chi connectivity index (χ1n) is 10.4. The third-order valence-corrected chi connectivity index (χ3v) is 5.68. The molecular formula is C22H16F3N5O7S. The summed E-state index contributed by atoms with van der Waals surface area (Å²) in [6, 6.07) is 11.1. The van der Waals surface area contributed by atoms with Gasteiger partial charge < -0.3 is 35.4 Å². The summed E-state index contributed by atoms with van der Waals surface area (Å²) in [5.74, 6) is -2.99. The van der Waals surface area contributed by atoms with Gasteiger partial charge in [0.25, 0.3) is 0 Å². The molecule has 0 aliphatic carbocycles. The van der Waals surface area contributed by atoms with E-state index in [0.717, 1.165) is 16.7 Å². The molecule has 0 bridgehead atoms. The second-order valence-corrected chi connectivity index (χ2v) is 8.35. The van der Waals surface area contributed by atoms with Crippen LogP contribution >= 0.6 is 11.3 Å². The number of pyridine rings is 1. The lowest BCUT2D eigenvalue weighted by molar-refractivity contribution is -0.192. The van der Waals surface area contributed by atoms with Gasteiger partial charge in [0.1, 0.15) is 5.52 Å². The number of phenols is 1. The van der Waals surface area contributed by atoms with Gasteiger partial charge in [-0.1, -0.05) is 35.6 Å². The molecule has 5 N–H and O–H groups in total. The molecule has 2 aromatic heterocycles. The van der Waals surface area contributed by atoms with E-state index in [1.54, 1.807) is 36.5 Å². The van der Waals surface area contributed by atoms with Gasteiger partial charge in [-0.25, -0.2) is 9.59 Å². The van der Waals surface area contributed by atoms with Crippen molar-refractivity contribution >= 4 is 50.1 Å². The van der Waals surface area contributed by atoms with Crippen LogP contribution in [0.1, 0.15) is 11.6 Å². The zero-order chi connectivity index (χ0) is 27.4. The number of nitrogens with one attached hydrogen (secondary N) is 2. The average Bonchev–Trinajstić information content (AvgIpc) is 3.53. The number of hydrogen-bond acceptors (Lipinski definition) is 11. The lowest BCUT2D eigenvalue weighted by Crippen LogP contribution is -2.21. The van der Waals surface area contributed by atoms with Crippen LogP contribution in [0.15, 0.2) is 48.7 Å². The number of carboxylic acids is 2. The molecule has 38 heavy (non-hydrogen) atoms. The van der Waals surface area contributed by atoms with E-state index in [-0.39, 0.29) is 17.7 Å². The third kappa shape index (κ3) is 5.75. The molecule has 0 saturated carbocycles. The number of aromatic nitrogens is 3. The molecule has 0 spiro atoms. The average molecular weight is 551 g/mol. The van der Waals surface area contributed by atoms with E-state index in [1.807, 2.05) is 12.1 Å². The van der Waals surface area contributed by atoms with Crippen molar-refractivity contribution in [2.45, 2.75) is 12.2 Å². The van der Waals surface area contributed by atoms with Crippen molar-refractivity contribution in [3.63, 3.8) is 0 Å². The fraction of sp³-hybridized carbons (Fsp3) is 0.136. The number of benzene rings is 2. The normalized spacial score (nSPS) is 12.8. The molecule has 16 heteroatoms. The van der Waals surface area contributed by atoms with Gasteiger partial charge in [-0.15, -0.1) is 10.2 Å². The van der Waals surface area contributed by atoms with E-state index in [2.05, 4.69) is 25.8 Å². The van der Waals surface area contributed by atoms with Crippen molar-refractivity contribution < 1.29 is 47.6 Å². The van der Waals surface area contributed by atoms with E-state index in [4.69, 9.17) is 19.4 Å². The van der Waals surface area contributed by atoms with Crippen LogP contribution in [0.25, 0.3) is 10.9 Å². The molecule has 0 unspecified atom stereocenters. The number of fused-ring (bicyclic) bond motifs is 2. The van der Waals surface area contributed by atoms with Crippen LogP contribution < -0.4 is 20.1 Å². The summed E-state index contributed by atoms with van der Waals surface area (Å²) in [5, 5.41) is 42.7. The molecule has 0 radical (unpaired) electrons. The summed E-state index contributed by atoms with van der Waals surface area (Å²) >= 11 is 1.10. The van der Waals surface area contributed by atoms with Gasteiger partial charge in [-0.3, -0.25) is 4.98 Å². The monoisotopic (exact) mass is 551 g/mol. The Balaban J connectivity index is 0.000000426. The quantitative estimate of drug-likeness (QED) is 0.217. The Labute approximate surface area is 214 Å². The Hall–Kier alpha value is -4.86. The summed E-state index contributed by atoms with van der Waals surface area (Å²) < 4.78 is 42.5. The van der Waals surface area contributed by atoms with Crippen LogP contribution in [0, 0.1) is 0 Å². The largest absolute Gasteiger partial charge is 0.504 e. The minimum atomic E-state index is -5.08. The molecule has 4 aromatic rings. The third-order valence-electron chi connectivity index (χ3n) is 4.91. The minimum absolute atomic E-state index is 0.0109. The molecule has 5 rings (SSSR count). The second kappa shape index (κ2) is 10.6. The Kier molecular flexibility index (Phi) is 7.33. The molecular weight excluding hydrogens is 535 g/mol. The maximum absolute atomic E-state index is 11.9.